The molecule has 32 heavy (non-hydrogen) atoms. The number of pyridine rings is 1. The number of rotatable bonds is 5. The summed E-state index contributed by atoms with van der Waals surface area (Å²) < 4.78 is 12.1. The van der Waals surface area contributed by atoms with Gasteiger partial charge in [-0.05, 0) is 54.7 Å². The standard InChI is InChI=1S/C26H29N3O3/c1-19-24(9-6-21-3-2-12-28-25(19)21)20-4-7-22(8-5-20)32-23-10-14-29(15-11-23)26(18-30)17-27-13-16-31-26/h2-9,12,18,23,27H,10-11,13-17H2,1H3. The maximum Gasteiger partial charge on any atom is 0.190 e. The molecule has 3 aromatic rings. The fourth-order valence-corrected chi connectivity index (χ4v) is 4.83. The summed E-state index contributed by atoms with van der Waals surface area (Å²) in [5.41, 5.74) is 3.76. The zero-order valence-electron chi connectivity index (χ0n) is 18.4. The molecule has 1 unspecified atom stereocenters. The first-order valence-electron chi connectivity index (χ1n) is 11.4. The van der Waals surface area contributed by atoms with Crippen LogP contribution in [-0.4, -0.2) is 60.8 Å². The average Bonchev–Trinajstić information content (AvgIpc) is 2.86. The number of aromatic nitrogens is 1. The van der Waals surface area contributed by atoms with Gasteiger partial charge in [0, 0.05) is 37.8 Å². The Labute approximate surface area is 188 Å². The van der Waals surface area contributed by atoms with Crippen molar-refractivity contribution in [3.05, 3.63) is 60.3 Å². The number of likely N-dealkylation sites (tertiary alicyclic amines) is 1. The predicted molar refractivity (Wildman–Crippen MR) is 125 cm³/mol. The molecule has 6 heteroatoms. The maximum atomic E-state index is 11.8. The zero-order chi connectivity index (χ0) is 22.0. The number of hydrogen-bond donors (Lipinski definition) is 1. The van der Waals surface area contributed by atoms with E-state index in [1.165, 1.54) is 11.1 Å². The molecule has 166 valence electrons. The second kappa shape index (κ2) is 8.98. The van der Waals surface area contributed by atoms with E-state index >= 15 is 0 Å². The van der Waals surface area contributed by atoms with Gasteiger partial charge in [0.15, 0.2) is 12.0 Å². The topological polar surface area (TPSA) is 63.7 Å². The van der Waals surface area contributed by atoms with Crippen LogP contribution in [0.15, 0.2) is 54.7 Å². The summed E-state index contributed by atoms with van der Waals surface area (Å²) in [4.78, 5) is 18.5. The van der Waals surface area contributed by atoms with E-state index in [9.17, 15) is 4.79 Å². The number of aryl methyl sites for hydroxylation is 1. The molecule has 0 saturated carbocycles. The molecule has 2 aliphatic heterocycles. The number of ether oxygens (including phenoxy) is 2. The zero-order valence-corrected chi connectivity index (χ0v) is 18.4. The molecular weight excluding hydrogens is 402 g/mol. The van der Waals surface area contributed by atoms with Gasteiger partial charge in [-0.25, -0.2) is 0 Å². The molecule has 2 saturated heterocycles. The second-order valence-corrected chi connectivity index (χ2v) is 8.63. The van der Waals surface area contributed by atoms with Crippen LogP contribution in [0.5, 0.6) is 5.75 Å². The van der Waals surface area contributed by atoms with Crippen LogP contribution in [0.2, 0.25) is 0 Å². The summed E-state index contributed by atoms with van der Waals surface area (Å²) >= 11 is 0. The molecule has 0 aliphatic carbocycles. The quantitative estimate of drug-likeness (QED) is 0.623. The van der Waals surface area contributed by atoms with E-state index in [1.54, 1.807) is 0 Å². The van der Waals surface area contributed by atoms with Gasteiger partial charge >= 0.3 is 0 Å². The van der Waals surface area contributed by atoms with Crippen molar-refractivity contribution in [3.63, 3.8) is 0 Å². The Balaban J connectivity index is 1.23. The predicted octanol–water partition coefficient (Wildman–Crippen LogP) is 3.57. The van der Waals surface area contributed by atoms with Crippen molar-refractivity contribution in [2.24, 2.45) is 0 Å². The number of benzene rings is 2. The van der Waals surface area contributed by atoms with Gasteiger partial charge in [0.05, 0.1) is 12.1 Å². The molecule has 6 nitrogen and oxygen atoms in total. The van der Waals surface area contributed by atoms with Gasteiger partial charge in [0.2, 0.25) is 0 Å². The van der Waals surface area contributed by atoms with Crippen molar-refractivity contribution in [3.8, 4) is 16.9 Å². The van der Waals surface area contributed by atoms with Crippen LogP contribution in [0.1, 0.15) is 18.4 Å². The van der Waals surface area contributed by atoms with Gasteiger partial charge in [-0.2, -0.15) is 0 Å². The molecule has 0 radical (unpaired) electrons. The third kappa shape index (κ3) is 4.01. The molecule has 2 aliphatic rings. The van der Waals surface area contributed by atoms with Gasteiger partial charge in [-0.1, -0.05) is 30.3 Å². The van der Waals surface area contributed by atoms with Gasteiger partial charge in [-0.15, -0.1) is 0 Å². The highest BCUT2D eigenvalue weighted by Gasteiger charge is 2.41. The Hall–Kier alpha value is -2.80. The smallest absolute Gasteiger partial charge is 0.190 e. The molecule has 0 amide bonds. The molecule has 1 aromatic heterocycles. The molecular formula is C26H29N3O3. The first-order valence-corrected chi connectivity index (χ1v) is 11.4. The Morgan fingerprint density at radius 1 is 1.16 bits per heavy atom. The third-order valence-electron chi connectivity index (χ3n) is 6.67. The van der Waals surface area contributed by atoms with E-state index in [-0.39, 0.29) is 6.10 Å². The van der Waals surface area contributed by atoms with Crippen molar-refractivity contribution >= 4 is 17.2 Å². The molecule has 5 rings (SSSR count). The number of hydrogen-bond acceptors (Lipinski definition) is 6. The lowest BCUT2D eigenvalue weighted by molar-refractivity contribution is -0.178. The Kier molecular flexibility index (Phi) is 5.91. The van der Waals surface area contributed by atoms with Crippen LogP contribution in [0.4, 0.5) is 0 Å². The molecule has 1 N–H and O–H groups in total. The van der Waals surface area contributed by atoms with E-state index in [2.05, 4.69) is 52.5 Å². The number of carbonyl (C=O) groups excluding carboxylic acids is 1. The Morgan fingerprint density at radius 2 is 1.97 bits per heavy atom. The lowest BCUT2D eigenvalue weighted by atomic mass is 9.98. The molecule has 2 fully saturated rings. The number of nitrogens with zero attached hydrogens (tertiary/aromatic N) is 2. The van der Waals surface area contributed by atoms with Gasteiger partial charge < -0.3 is 14.8 Å². The van der Waals surface area contributed by atoms with Gasteiger partial charge in [-0.3, -0.25) is 14.7 Å². The Bertz CT molecular complexity index is 1090. The van der Waals surface area contributed by atoms with E-state index < -0.39 is 5.72 Å². The van der Waals surface area contributed by atoms with E-state index in [4.69, 9.17) is 9.47 Å². The number of aldehydes is 1. The molecule has 3 heterocycles. The van der Waals surface area contributed by atoms with Crippen molar-refractivity contribution < 1.29 is 14.3 Å². The normalized spacial score (nSPS) is 22.7. The summed E-state index contributed by atoms with van der Waals surface area (Å²) in [6.45, 7) is 5.60. The average molecular weight is 432 g/mol. The highest BCUT2D eigenvalue weighted by Crippen LogP contribution is 2.31. The highest BCUT2D eigenvalue weighted by molar-refractivity contribution is 5.88. The van der Waals surface area contributed by atoms with Crippen molar-refractivity contribution in [2.75, 3.05) is 32.8 Å². The second-order valence-electron chi connectivity index (χ2n) is 8.63. The number of nitrogens with one attached hydrogen (secondary N) is 1. The minimum Gasteiger partial charge on any atom is -0.490 e. The SMILES string of the molecule is Cc1c(-c2ccc(OC3CCN(C4(C=O)CNCCO4)CC3)cc2)ccc2cccnc12. The summed E-state index contributed by atoms with van der Waals surface area (Å²) in [6.07, 6.45) is 4.68. The first kappa shape index (κ1) is 21.1. The van der Waals surface area contributed by atoms with Crippen LogP contribution in [-0.2, 0) is 9.53 Å². The van der Waals surface area contributed by atoms with Gasteiger partial charge in [0.25, 0.3) is 0 Å². The first-order chi connectivity index (χ1) is 15.7. The van der Waals surface area contributed by atoms with E-state index in [0.29, 0.717) is 13.2 Å². The molecule has 0 spiro atoms. The summed E-state index contributed by atoms with van der Waals surface area (Å²) in [5.74, 6) is 0.879. The van der Waals surface area contributed by atoms with Crippen LogP contribution in [0.3, 0.4) is 0 Å². The van der Waals surface area contributed by atoms with Crippen molar-refractivity contribution in [2.45, 2.75) is 31.6 Å². The highest BCUT2D eigenvalue weighted by atomic mass is 16.5. The lowest BCUT2D eigenvalue weighted by Crippen LogP contribution is -2.63. The largest absolute Gasteiger partial charge is 0.490 e. The van der Waals surface area contributed by atoms with Crippen molar-refractivity contribution in [1.29, 1.82) is 0 Å². The van der Waals surface area contributed by atoms with Crippen LogP contribution < -0.4 is 10.1 Å². The number of carbonyl (C=O) groups is 1. The van der Waals surface area contributed by atoms with E-state index in [1.807, 2.05) is 24.4 Å². The van der Waals surface area contributed by atoms with Crippen molar-refractivity contribution in [1.82, 2.24) is 15.2 Å². The monoisotopic (exact) mass is 431 g/mol. The maximum absolute atomic E-state index is 11.8. The fraction of sp³-hybridized carbons (Fsp3) is 0.385. The Morgan fingerprint density at radius 3 is 2.69 bits per heavy atom. The number of fused-ring (bicyclic) bond motifs is 1. The minimum absolute atomic E-state index is 0.143. The molecule has 0 bridgehead atoms. The fourth-order valence-electron chi connectivity index (χ4n) is 4.83. The third-order valence-corrected chi connectivity index (χ3v) is 6.67. The minimum atomic E-state index is -0.822. The number of piperidine rings is 1. The van der Waals surface area contributed by atoms with E-state index in [0.717, 1.165) is 61.0 Å². The molecule has 1 atom stereocenters. The molecule has 2 aromatic carbocycles. The van der Waals surface area contributed by atoms with Gasteiger partial charge in [0.1, 0.15) is 11.9 Å². The summed E-state index contributed by atoms with van der Waals surface area (Å²) in [5, 5.41) is 4.43. The van der Waals surface area contributed by atoms with Crippen LogP contribution in [0, 0.1) is 6.92 Å². The van der Waals surface area contributed by atoms with Crippen LogP contribution >= 0.6 is 0 Å². The summed E-state index contributed by atoms with van der Waals surface area (Å²) in [6, 6.07) is 16.7. The van der Waals surface area contributed by atoms with Crippen LogP contribution in [0.25, 0.3) is 22.0 Å². The lowest BCUT2D eigenvalue weighted by Gasteiger charge is -2.45. The summed E-state index contributed by atoms with van der Waals surface area (Å²) in [7, 11) is 0. The number of morpholine rings is 1.